The summed E-state index contributed by atoms with van der Waals surface area (Å²) < 4.78 is 31.8. The number of nitrogens with one attached hydrogen (secondary N) is 2. The van der Waals surface area contributed by atoms with E-state index in [9.17, 15) is 8.42 Å². The van der Waals surface area contributed by atoms with Crippen LogP contribution in [0.4, 0.5) is 0 Å². The Balaban J connectivity index is 1.65. The predicted octanol–water partition coefficient (Wildman–Crippen LogP) is 1.37. The first-order chi connectivity index (χ1) is 11.9. The third-order valence-electron chi connectivity index (χ3n) is 4.54. The third kappa shape index (κ3) is 4.16. The number of guanidine groups is 1. The quantitative estimate of drug-likeness (QED) is 0.570. The number of ether oxygens (including phenoxy) is 1. The Hall–Kier alpha value is -1.16. The van der Waals surface area contributed by atoms with E-state index in [4.69, 9.17) is 4.74 Å². The average Bonchev–Trinajstić information content (AvgIpc) is 3.29. The summed E-state index contributed by atoms with van der Waals surface area (Å²) in [6.07, 6.45) is 3.97. The van der Waals surface area contributed by atoms with Crippen LogP contribution in [0.25, 0.3) is 0 Å². The molecule has 9 heteroatoms. The summed E-state index contributed by atoms with van der Waals surface area (Å²) in [7, 11) is -0.295. The summed E-state index contributed by atoms with van der Waals surface area (Å²) in [6, 6.07) is 3.79. The summed E-state index contributed by atoms with van der Waals surface area (Å²) in [6.45, 7) is 3.25. The minimum atomic E-state index is -3.37. The van der Waals surface area contributed by atoms with Crippen LogP contribution in [0.2, 0.25) is 0 Å². The SMILES string of the molecule is CCNC(=NCc1ccc(S(=O)(=O)N(C)C)s1)NC1CC2CCC1O2. The first-order valence-electron chi connectivity index (χ1n) is 8.61. The van der Waals surface area contributed by atoms with Gasteiger partial charge in [0.05, 0.1) is 24.8 Å². The Morgan fingerprint density at radius 2 is 2.20 bits per heavy atom. The van der Waals surface area contributed by atoms with Gasteiger partial charge in [-0.25, -0.2) is 17.7 Å². The van der Waals surface area contributed by atoms with Crippen LogP contribution < -0.4 is 10.6 Å². The molecule has 7 nitrogen and oxygen atoms in total. The molecule has 0 saturated carbocycles. The minimum absolute atomic E-state index is 0.285. The van der Waals surface area contributed by atoms with Crippen LogP contribution in [0.1, 0.15) is 31.1 Å². The number of nitrogens with zero attached hydrogens (tertiary/aromatic N) is 2. The summed E-state index contributed by atoms with van der Waals surface area (Å²) in [4.78, 5) is 5.53. The van der Waals surface area contributed by atoms with Gasteiger partial charge in [-0.1, -0.05) is 0 Å². The Labute approximate surface area is 153 Å². The van der Waals surface area contributed by atoms with E-state index in [2.05, 4.69) is 15.6 Å². The van der Waals surface area contributed by atoms with Gasteiger partial charge in [0.1, 0.15) is 4.21 Å². The molecule has 1 aromatic rings. The monoisotopic (exact) mass is 386 g/mol. The van der Waals surface area contributed by atoms with E-state index in [-0.39, 0.29) is 6.10 Å². The summed E-state index contributed by atoms with van der Waals surface area (Å²) >= 11 is 1.27. The normalized spacial score (nSPS) is 26.4. The molecule has 2 aliphatic heterocycles. The highest BCUT2D eigenvalue weighted by molar-refractivity contribution is 7.91. The lowest BCUT2D eigenvalue weighted by Gasteiger charge is -2.22. The highest BCUT2D eigenvalue weighted by Gasteiger charge is 2.41. The van der Waals surface area contributed by atoms with E-state index in [1.807, 2.05) is 13.0 Å². The lowest BCUT2D eigenvalue weighted by atomic mass is 9.96. The van der Waals surface area contributed by atoms with Crippen LogP contribution in [-0.4, -0.2) is 57.6 Å². The second-order valence-electron chi connectivity index (χ2n) is 6.56. The van der Waals surface area contributed by atoms with Crippen molar-refractivity contribution in [2.75, 3.05) is 20.6 Å². The van der Waals surface area contributed by atoms with Crippen molar-refractivity contribution in [3.8, 4) is 0 Å². The van der Waals surface area contributed by atoms with E-state index in [0.717, 1.165) is 36.6 Å². The Morgan fingerprint density at radius 3 is 2.80 bits per heavy atom. The molecular formula is C16H26N4O3S2. The molecule has 2 fully saturated rings. The molecular weight excluding hydrogens is 360 g/mol. The molecule has 0 spiro atoms. The van der Waals surface area contributed by atoms with E-state index in [1.165, 1.54) is 29.7 Å². The fourth-order valence-corrected chi connectivity index (χ4v) is 5.65. The van der Waals surface area contributed by atoms with Crippen molar-refractivity contribution in [1.82, 2.24) is 14.9 Å². The van der Waals surface area contributed by atoms with Gasteiger partial charge < -0.3 is 15.4 Å². The molecule has 3 heterocycles. The van der Waals surface area contributed by atoms with E-state index < -0.39 is 10.0 Å². The number of hydrogen-bond acceptors (Lipinski definition) is 5. The molecule has 2 bridgehead atoms. The van der Waals surface area contributed by atoms with Crippen molar-refractivity contribution in [1.29, 1.82) is 0 Å². The largest absolute Gasteiger partial charge is 0.373 e. The molecule has 2 N–H and O–H groups in total. The van der Waals surface area contributed by atoms with Crippen molar-refractivity contribution in [3.05, 3.63) is 17.0 Å². The van der Waals surface area contributed by atoms with Gasteiger partial charge in [-0.2, -0.15) is 0 Å². The van der Waals surface area contributed by atoms with Crippen LogP contribution in [0.15, 0.2) is 21.3 Å². The number of thiophene rings is 1. The highest BCUT2D eigenvalue weighted by atomic mass is 32.2. The maximum absolute atomic E-state index is 12.2. The van der Waals surface area contributed by atoms with Gasteiger partial charge in [-0.3, -0.25) is 0 Å². The standard InChI is InChI=1S/C16H26N4O3S2/c1-4-17-16(19-13-9-11-5-7-14(13)23-11)18-10-12-6-8-15(24-12)25(21,22)20(2)3/h6,8,11,13-14H,4-5,7,9-10H2,1-3H3,(H2,17,18,19). The molecule has 3 unspecified atom stereocenters. The minimum Gasteiger partial charge on any atom is -0.373 e. The van der Waals surface area contributed by atoms with Crippen LogP contribution >= 0.6 is 11.3 Å². The van der Waals surface area contributed by atoms with Crippen molar-refractivity contribution in [2.24, 2.45) is 4.99 Å². The van der Waals surface area contributed by atoms with E-state index in [1.54, 1.807) is 6.07 Å². The first kappa shape index (κ1) is 18.6. The number of sulfonamides is 1. The number of aliphatic imine (C=N–C) groups is 1. The first-order valence-corrected chi connectivity index (χ1v) is 10.9. The van der Waals surface area contributed by atoms with E-state index in [0.29, 0.717) is 22.9 Å². The Bertz CT molecular complexity index is 729. The van der Waals surface area contributed by atoms with Gasteiger partial charge in [-0.05, 0) is 38.3 Å². The molecule has 0 aliphatic carbocycles. The lowest BCUT2D eigenvalue weighted by Crippen LogP contribution is -2.47. The van der Waals surface area contributed by atoms with Gasteiger partial charge in [0.25, 0.3) is 10.0 Å². The maximum Gasteiger partial charge on any atom is 0.252 e. The molecule has 0 amide bonds. The van der Waals surface area contributed by atoms with Crippen molar-refractivity contribution in [3.63, 3.8) is 0 Å². The fraction of sp³-hybridized carbons (Fsp3) is 0.688. The smallest absolute Gasteiger partial charge is 0.252 e. The third-order valence-corrected chi connectivity index (χ3v) is 7.89. The zero-order valence-electron chi connectivity index (χ0n) is 14.9. The number of rotatable bonds is 6. The summed E-state index contributed by atoms with van der Waals surface area (Å²) in [5, 5.41) is 6.72. The van der Waals surface area contributed by atoms with Crippen LogP contribution in [0.3, 0.4) is 0 Å². The fourth-order valence-electron chi connectivity index (χ4n) is 3.20. The second-order valence-corrected chi connectivity index (χ2v) is 10.1. The Morgan fingerprint density at radius 1 is 1.40 bits per heavy atom. The average molecular weight is 387 g/mol. The van der Waals surface area contributed by atoms with Gasteiger partial charge in [0, 0.05) is 25.5 Å². The topological polar surface area (TPSA) is 83.0 Å². The molecule has 3 atom stereocenters. The summed E-state index contributed by atoms with van der Waals surface area (Å²) in [5.41, 5.74) is 0. The van der Waals surface area contributed by atoms with Crippen molar-refractivity contribution < 1.29 is 13.2 Å². The van der Waals surface area contributed by atoms with Crippen LogP contribution in [-0.2, 0) is 21.3 Å². The number of hydrogen-bond donors (Lipinski definition) is 2. The molecule has 0 aromatic carbocycles. The molecule has 2 aliphatic rings. The molecule has 0 radical (unpaired) electrons. The van der Waals surface area contributed by atoms with Gasteiger partial charge in [0.15, 0.2) is 5.96 Å². The zero-order chi connectivity index (χ0) is 18.0. The van der Waals surface area contributed by atoms with E-state index >= 15 is 0 Å². The van der Waals surface area contributed by atoms with Gasteiger partial charge in [0.2, 0.25) is 0 Å². The van der Waals surface area contributed by atoms with Crippen LogP contribution in [0, 0.1) is 0 Å². The molecule has 2 saturated heterocycles. The summed E-state index contributed by atoms with van der Waals surface area (Å²) in [5.74, 6) is 0.758. The molecule has 25 heavy (non-hydrogen) atoms. The molecule has 140 valence electrons. The highest BCUT2D eigenvalue weighted by Crippen LogP contribution is 2.34. The molecule has 1 aromatic heterocycles. The van der Waals surface area contributed by atoms with Gasteiger partial charge >= 0.3 is 0 Å². The maximum atomic E-state index is 12.2. The predicted molar refractivity (Wildman–Crippen MR) is 99.4 cm³/mol. The second kappa shape index (κ2) is 7.61. The Kier molecular flexibility index (Phi) is 5.67. The van der Waals surface area contributed by atoms with Crippen molar-refractivity contribution in [2.45, 2.75) is 55.2 Å². The lowest BCUT2D eigenvalue weighted by molar-refractivity contribution is 0.0992. The zero-order valence-corrected chi connectivity index (χ0v) is 16.5. The van der Waals surface area contributed by atoms with Gasteiger partial charge in [-0.15, -0.1) is 11.3 Å². The number of fused-ring (bicyclic) bond motifs is 2. The van der Waals surface area contributed by atoms with Crippen LogP contribution in [0.5, 0.6) is 0 Å². The molecule has 3 rings (SSSR count). The van der Waals surface area contributed by atoms with Crippen molar-refractivity contribution >= 4 is 27.3 Å².